The summed E-state index contributed by atoms with van der Waals surface area (Å²) in [5.74, 6) is 0.889. The Morgan fingerprint density at radius 2 is 2.00 bits per heavy atom. The number of hydrogen-bond donors (Lipinski definition) is 1. The molecule has 0 spiro atoms. The van der Waals surface area contributed by atoms with Crippen LogP contribution in [0.3, 0.4) is 0 Å². The van der Waals surface area contributed by atoms with Crippen LogP contribution in [0.2, 0.25) is 0 Å². The van der Waals surface area contributed by atoms with Crippen molar-refractivity contribution >= 4 is 0 Å². The Hall–Kier alpha value is -0.0800. The molecule has 0 aromatic heterocycles. The van der Waals surface area contributed by atoms with E-state index in [9.17, 15) is 0 Å². The molecular weight excluding hydrogens is 162 g/mol. The van der Waals surface area contributed by atoms with Crippen molar-refractivity contribution in [1.29, 1.82) is 0 Å². The molecule has 1 saturated heterocycles. The van der Waals surface area contributed by atoms with Gasteiger partial charge in [-0.15, -0.1) is 0 Å². The lowest BCUT2D eigenvalue weighted by Gasteiger charge is -2.59. The zero-order valence-electron chi connectivity index (χ0n) is 8.81. The molecule has 0 unspecified atom stereocenters. The van der Waals surface area contributed by atoms with E-state index < -0.39 is 0 Å². The Bertz CT molecular complexity index is 192. The molecule has 13 heavy (non-hydrogen) atoms. The van der Waals surface area contributed by atoms with Gasteiger partial charge in [-0.3, -0.25) is 0 Å². The van der Waals surface area contributed by atoms with Crippen molar-refractivity contribution in [3.8, 4) is 0 Å². The van der Waals surface area contributed by atoms with Gasteiger partial charge in [0, 0.05) is 5.41 Å². The molecule has 1 heterocycles. The van der Waals surface area contributed by atoms with Gasteiger partial charge in [-0.1, -0.05) is 20.3 Å². The Kier molecular flexibility index (Phi) is 2.16. The van der Waals surface area contributed by atoms with Crippen LogP contribution in [0.1, 0.15) is 33.1 Å². The van der Waals surface area contributed by atoms with Gasteiger partial charge in [0.1, 0.15) is 0 Å². The number of hydrogen-bond acceptors (Lipinski definition) is 2. The highest BCUT2D eigenvalue weighted by Gasteiger charge is 2.56. The molecule has 1 aliphatic heterocycles. The van der Waals surface area contributed by atoms with E-state index >= 15 is 0 Å². The van der Waals surface area contributed by atoms with Crippen LogP contribution in [-0.4, -0.2) is 19.8 Å². The summed E-state index contributed by atoms with van der Waals surface area (Å²) < 4.78 is 5.43. The minimum Gasteiger partial charge on any atom is -0.380 e. The molecule has 76 valence electrons. The fourth-order valence-electron chi connectivity index (χ4n) is 2.67. The summed E-state index contributed by atoms with van der Waals surface area (Å²) in [6.45, 7) is 7.28. The molecule has 0 amide bonds. The molecular formula is C11H21NO. The van der Waals surface area contributed by atoms with E-state index in [4.69, 9.17) is 10.5 Å². The maximum absolute atomic E-state index is 5.86. The zero-order chi connectivity index (χ0) is 9.53. The van der Waals surface area contributed by atoms with Crippen LogP contribution in [0.4, 0.5) is 0 Å². The zero-order valence-corrected chi connectivity index (χ0v) is 8.81. The monoisotopic (exact) mass is 183 g/mol. The van der Waals surface area contributed by atoms with E-state index in [2.05, 4.69) is 13.8 Å². The third-order valence-corrected chi connectivity index (χ3v) is 4.46. The summed E-state index contributed by atoms with van der Waals surface area (Å²) in [6, 6.07) is 0. The Morgan fingerprint density at radius 1 is 1.38 bits per heavy atom. The molecule has 0 atom stereocenters. The Labute approximate surface area is 80.8 Å². The maximum atomic E-state index is 5.86. The van der Waals surface area contributed by atoms with E-state index in [-0.39, 0.29) is 5.41 Å². The third kappa shape index (κ3) is 1.15. The van der Waals surface area contributed by atoms with Gasteiger partial charge in [0.2, 0.25) is 0 Å². The van der Waals surface area contributed by atoms with E-state index in [1.165, 1.54) is 19.3 Å². The molecule has 2 heteroatoms. The van der Waals surface area contributed by atoms with E-state index in [1.807, 2.05) is 0 Å². The SMILES string of the molecule is CC(C)(CN)C1(C2CCC2)COC1. The molecule has 2 nitrogen and oxygen atoms in total. The lowest BCUT2D eigenvalue weighted by molar-refractivity contribution is -0.218. The van der Waals surface area contributed by atoms with Crippen molar-refractivity contribution in [1.82, 2.24) is 0 Å². The van der Waals surface area contributed by atoms with Crippen molar-refractivity contribution in [2.45, 2.75) is 33.1 Å². The third-order valence-electron chi connectivity index (χ3n) is 4.46. The minimum absolute atomic E-state index is 0.260. The summed E-state index contributed by atoms with van der Waals surface area (Å²) >= 11 is 0. The van der Waals surface area contributed by atoms with E-state index in [0.717, 1.165) is 25.7 Å². The predicted octanol–water partition coefficient (Wildman–Crippen LogP) is 1.79. The first-order valence-corrected chi connectivity index (χ1v) is 5.40. The van der Waals surface area contributed by atoms with E-state index in [1.54, 1.807) is 0 Å². The van der Waals surface area contributed by atoms with Crippen LogP contribution in [0.15, 0.2) is 0 Å². The summed E-state index contributed by atoms with van der Waals surface area (Å²) in [4.78, 5) is 0. The maximum Gasteiger partial charge on any atom is 0.0553 e. The minimum atomic E-state index is 0.260. The first-order chi connectivity index (χ1) is 6.12. The van der Waals surface area contributed by atoms with Gasteiger partial charge in [-0.2, -0.15) is 0 Å². The summed E-state index contributed by atoms with van der Waals surface area (Å²) in [5, 5.41) is 0. The highest BCUT2D eigenvalue weighted by Crippen LogP contribution is 2.56. The van der Waals surface area contributed by atoms with Crippen LogP contribution in [0.5, 0.6) is 0 Å². The van der Waals surface area contributed by atoms with Gasteiger partial charge in [0.05, 0.1) is 13.2 Å². The lowest BCUT2D eigenvalue weighted by Crippen LogP contribution is -2.61. The normalized spacial score (nSPS) is 27.9. The van der Waals surface area contributed by atoms with Crippen molar-refractivity contribution < 1.29 is 4.74 Å². The molecule has 0 radical (unpaired) electrons. The number of nitrogens with two attached hydrogens (primary N) is 1. The van der Waals surface area contributed by atoms with Crippen molar-refractivity contribution in [2.75, 3.05) is 19.8 Å². The molecule has 2 N–H and O–H groups in total. The first kappa shape index (κ1) is 9.47. The summed E-state index contributed by atoms with van der Waals surface area (Å²) in [5.41, 5.74) is 6.54. The highest BCUT2D eigenvalue weighted by molar-refractivity contribution is 5.04. The fraction of sp³-hybridized carbons (Fsp3) is 1.00. The topological polar surface area (TPSA) is 35.2 Å². The summed E-state index contributed by atoms with van der Waals surface area (Å²) in [7, 11) is 0. The van der Waals surface area contributed by atoms with Gasteiger partial charge in [-0.05, 0) is 30.7 Å². The second-order valence-electron chi connectivity index (χ2n) is 5.36. The fourth-order valence-corrected chi connectivity index (χ4v) is 2.67. The van der Waals surface area contributed by atoms with Crippen molar-refractivity contribution in [3.63, 3.8) is 0 Å². The smallest absolute Gasteiger partial charge is 0.0553 e. The van der Waals surface area contributed by atoms with Crippen LogP contribution in [0.25, 0.3) is 0 Å². The summed E-state index contributed by atoms with van der Waals surface area (Å²) in [6.07, 6.45) is 4.20. The number of rotatable bonds is 3. The van der Waals surface area contributed by atoms with Gasteiger partial charge in [-0.25, -0.2) is 0 Å². The molecule has 0 bridgehead atoms. The van der Waals surface area contributed by atoms with Crippen LogP contribution in [-0.2, 0) is 4.74 Å². The van der Waals surface area contributed by atoms with Gasteiger partial charge in [0.25, 0.3) is 0 Å². The van der Waals surface area contributed by atoms with Gasteiger partial charge < -0.3 is 10.5 Å². The molecule has 2 aliphatic rings. The van der Waals surface area contributed by atoms with Crippen molar-refractivity contribution in [3.05, 3.63) is 0 Å². The van der Waals surface area contributed by atoms with Crippen LogP contribution < -0.4 is 5.73 Å². The predicted molar refractivity (Wildman–Crippen MR) is 53.4 cm³/mol. The molecule has 1 saturated carbocycles. The molecule has 2 fully saturated rings. The van der Waals surface area contributed by atoms with Gasteiger partial charge >= 0.3 is 0 Å². The molecule has 0 aromatic rings. The van der Waals surface area contributed by atoms with Crippen molar-refractivity contribution in [2.24, 2.45) is 22.5 Å². The molecule has 2 rings (SSSR count). The largest absolute Gasteiger partial charge is 0.380 e. The van der Waals surface area contributed by atoms with E-state index in [0.29, 0.717) is 5.41 Å². The average Bonchev–Trinajstić information content (AvgIpc) is 1.92. The Balaban J connectivity index is 2.13. The first-order valence-electron chi connectivity index (χ1n) is 5.40. The molecule has 1 aliphatic carbocycles. The average molecular weight is 183 g/mol. The van der Waals surface area contributed by atoms with Crippen LogP contribution >= 0.6 is 0 Å². The lowest BCUT2D eigenvalue weighted by atomic mass is 9.52. The standard InChI is InChI=1S/C11H21NO/c1-10(2,6-12)11(7-13-8-11)9-4-3-5-9/h9H,3-8,12H2,1-2H3. The van der Waals surface area contributed by atoms with Gasteiger partial charge in [0.15, 0.2) is 0 Å². The Morgan fingerprint density at radius 3 is 2.23 bits per heavy atom. The second kappa shape index (κ2) is 2.96. The quantitative estimate of drug-likeness (QED) is 0.724. The molecule has 0 aromatic carbocycles. The highest BCUT2D eigenvalue weighted by atomic mass is 16.5. The van der Waals surface area contributed by atoms with Crippen LogP contribution in [0, 0.1) is 16.7 Å². The number of ether oxygens (including phenoxy) is 1. The second-order valence-corrected chi connectivity index (χ2v) is 5.36.